The van der Waals surface area contributed by atoms with E-state index in [9.17, 15) is 22.4 Å². The fourth-order valence-electron chi connectivity index (χ4n) is 4.47. The van der Waals surface area contributed by atoms with Crippen molar-refractivity contribution in [1.82, 2.24) is 25.1 Å². The molecule has 35 heavy (non-hydrogen) atoms. The van der Waals surface area contributed by atoms with Gasteiger partial charge in [0.15, 0.2) is 5.82 Å². The van der Waals surface area contributed by atoms with E-state index in [1.165, 1.54) is 12.1 Å². The minimum atomic E-state index is -3.86. The van der Waals surface area contributed by atoms with Gasteiger partial charge in [0.2, 0.25) is 15.9 Å². The molecule has 0 atom stereocenters. The van der Waals surface area contributed by atoms with Crippen molar-refractivity contribution in [1.29, 1.82) is 0 Å². The molecule has 1 aromatic heterocycles. The van der Waals surface area contributed by atoms with Gasteiger partial charge in [-0.2, -0.15) is 0 Å². The molecule has 0 bridgehead atoms. The number of sulfonamides is 1. The number of carbonyl (C=O) groups is 2. The average Bonchev–Trinajstić information content (AvgIpc) is 3.20. The summed E-state index contributed by atoms with van der Waals surface area (Å²) in [6, 6.07) is 2.70. The number of nitrogens with zero attached hydrogens (tertiary/aromatic N) is 2. The van der Waals surface area contributed by atoms with Gasteiger partial charge in [-0.15, -0.1) is 4.83 Å². The number of hydrazine groups is 1. The van der Waals surface area contributed by atoms with Gasteiger partial charge in [0, 0.05) is 30.8 Å². The third kappa shape index (κ3) is 6.39. The van der Waals surface area contributed by atoms with Crippen LogP contribution < -0.4 is 15.6 Å². The Labute approximate surface area is 208 Å². The topological polar surface area (TPSA) is 122 Å². The summed E-state index contributed by atoms with van der Waals surface area (Å²) in [4.78, 5) is 30.9. The predicted octanol–water partition coefficient (Wildman–Crippen LogP) is 2.92. The number of halogens is 2. The molecule has 0 aliphatic heterocycles. The SMILES string of the molecule is Cn1cnc(-c2cc(Cl)c(F)c(C(=O)NNS(=O)(=O)CC3CCC(NC(=O)C4CCC4)CC3)c2)c1. The van der Waals surface area contributed by atoms with Crippen LogP contribution >= 0.6 is 11.6 Å². The molecule has 2 amide bonds. The van der Waals surface area contributed by atoms with E-state index >= 15 is 0 Å². The van der Waals surface area contributed by atoms with Crippen LogP contribution in [0.5, 0.6) is 0 Å². The minimum Gasteiger partial charge on any atom is -0.353 e. The highest BCUT2D eigenvalue weighted by Crippen LogP contribution is 2.29. The number of aryl methyl sites for hydroxylation is 1. The Bertz CT molecular complexity index is 1210. The average molecular weight is 526 g/mol. The second-order valence-corrected chi connectivity index (χ2v) is 11.6. The summed E-state index contributed by atoms with van der Waals surface area (Å²) in [5, 5.41) is 2.80. The van der Waals surface area contributed by atoms with Crippen molar-refractivity contribution in [2.24, 2.45) is 18.9 Å². The van der Waals surface area contributed by atoms with Crippen molar-refractivity contribution < 1.29 is 22.4 Å². The van der Waals surface area contributed by atoms with E-state index in [4.69, 9.17) is 11.6 Å². The van der Waals surface area contributed by atoms with Gasteiger partial charge in [-0.05, 0) is 56.6 Å². The molecule has 1 aromatic carbocycles. The fourth-order valence-corrected chi connectivity index (χ4v) is 5.98. The molecule has 9 nitrogen and oxygen atoms in total. The van der Waals surface area contributed by atoms with E-state index < -0.39 is 27.3 Å². The normalized spacial score (nSPS) is 20.8. The molecule has 2 fully saturated rings. The number of nitrogens with one attached hydrogen (secondary N) is 3. The van der Waals surface area contributed by atoms with Crippen molar-refractivity contribution >= 4 is 33.4 Å². The minimum absolute atomic E-state index is 0.0776. The van der Waals surface area contributed by atoms with E-state index in [1.807, 2.05) is 0 Å². The van der Waals surface area contributed by atoms with Gasteiger partial charge in [-0.25, -0.2) is 17.8 Å². The number of carbonyl (C=O) groups excluding carboxylic acids is 2. The number of aromatic nitrogens is 2. The fraction of sp³-hybridized carbons (Fsp3) is 0.522. The Hall–Kier alpha value is -2.50. The summed E-state index contributed by atoms with van der Waals surface area (Å²) in [6.45, 7) is 0. The Kier molecular flexibility index (Phi) is 7.77. The molecule has 0 unspecified atom stereocenters. The van der Waals surface area contributed by atoms with E-state index in [2.05, 4.69) is 20.6 Å². The smallest absolute Gasteiger partial charge is 0.269 e. The highest BCUT2D eigenvalue weighted by Gasteiger charge is 2.30. The van der Waals surface area contributed by atoms with Gasteiger partial charge in [0.25, 0.3) is 5.91 Å². The molecule has 2 aliphatic rings. The first-order valence-electron chi connectivity index (χ1n) is 11.7. The van der Waals surface area contributed by atoms with Crippen LogP contribution in [0.3, 0.4) is 0 Å². The van der Waals surface area contributed by atoms with Crippen LogP contribution in [-0.4, -0.2) is 41.6 Å². The second-order valence-electron chi connectivity index (χ2n) is 9.44. The van der Waals surface area contributed by atoms with Crippen LogP contribution in [0, 0.1) is 17.7 Å². The Morgan fingerprint density at radius 2 is 1.89 bits per heavy atom. The van der Waals surface area contributed by atoms with E-state index in [0.29, 0.717) is 24.1 Å². The quantitative estimate of drug-likeness (QED) is 0.457. The Morgan fingerprint density at radius 3 is 2.49 bits per heavy atom. The Morgan fingerprint density at radius 1 is 1.17 bits per heavy atom. The van der Waals surface area contributed by atoms with Crippen molar-refractivity contribution in [3.8, 4) is 11.3 Å². The second kappa shape index (κ2) is 10.6. The molecule has 2 aromatic rings. The lowest BCUT2D eigenvalue weighted by Crippen LogP contribution is -2.45. The summed E-state index contributed by atoms with van der Waals surface area (Å²) < 4.78 is 41.3. The molecule has 1 heterocycles. The summed E-state index contributed by atoms with van der Waals surface area (Å²) in [7, 11) is -2.09. The molecule has 0 spiro atoms. The predicted molar refractivity (Wildman–Crippen MR) is 129 cm³/mol. The van der Waals surface area contributed by atoms with Crippen LogP contribution in [0.15, 0.2) is 24.7 Å². The van der Waals surface area contributed by atoms with Crippen molar-refractivity contribution in [3.05, 3.63) is 41.1 Å². The number of benzene rings is 1. The Balaban J connectivity index is 1.30. The van der Waals surface area contributed by atoms with Crippen LogP contribution in [0.25, 0.3) is 11.3 Å². The van der Waals surface area contributed by atoms with Crippen molar-refractivity contribution in [3.63, 3.8) is 0 Å². The zero-order chi connectivity index (χ0) is 25.2. The molecule has 3 N–H and O–H groups in total. The third-order valence-electron chi connectivity index (χ3n) is 6.72. The lowest BCUT2D eigenvalue weighted by molar-refractivity contribution is -0.128. The van der Waals surface area contributed by atoms with Crippen molar-refractivity contribution in [2.45, 2.75) is 51.0 Å². The maximum Gasteiger partial charge on any atom is 0.269 e. The van der Waals surface area contributed by atoms with Crippen LogP contribution in [0.2, 0.25) is 5.02 Å². The molecule has 4 rings (SSSR count). The monoisotopic (exact) mass is 525 g/mol. The first-order chi connectivity index (χ1) is 16.6. The van der Waals surface area contributed by atoms with E-state index in [1.54, 1.807) is 24.1 Å². The molecular weight excluding hydrogens is 497 g/mol. The zero-order valence-electron chi connectivity index (χ0n) is 19.4. The number of hydrogen-bond donors (Lipinski definition) is 3. The van der Waals surface area contributed by atoms with Gasteiger partial charge in [0.1, 0.15) is 0 Å². The summed E-state index contributed by atoms with van der Waals surface area (Å²) >= 11 is 5.96. The van der Waals surface area contributed by atoms with E-state index in [0.717, 1.165) is 32.1 Å². The van der Waals surface area contributed by atoms with E-state index in [-0.39, 0.29) is 34.6 Å². The summed E-state index contributed by atoms with van der Waals surface area (Å²) in [6.07, 6.45) is 8.96. The summed E-state index contributed by atoms with van der Waals surface area (Å²) in [5.74, 6) is -1.95. The van der Waals surface area contributed by atoms with Gasteiger partial charge < -0.3 is 9.88 Å². The molecule has 12 heteroatoms. The zero-order valence-corrected chi connectivity index (χ0v) is 21.0. The number of amides is 2. The molecule has 2 aliphatic carbocycles. The number of hydrogen-bond acceptors (Lipinski definition) is 5. The van der Waals surface area contributed by atoms with Crippen LogP contribution in [0.1, 0.15) is 55.3 Å². The molecule has 0 radical (unpaired) electrons. The van der Waals surface area contributed by atoms with Gasteiger partial charge >= 0.3 is 0 Å². The van der Waals surface area contributed by atoms with Gasteiger partial charge in [-0.3, -0.25) is 15.0 Å². The third-order valence-corrected chi connectivity index (χ3v) is 8.32. The summed E-state index contributed by atoms with van der Waals surface area (Å²) in [5.41, 5.74) is 2.60. The first kappa shape index (κ1) is 25.6. The van der Waals surface area contributed by atoms with Crippen LogP contribution in [0.4, 0.5) is 4.39 Å². The molecule has 2 saturated carbocycles. The first-order valence-corrected chi connectivity index (χ1v) is 13.7. The number of rotatable bonds is 8. The molecule has 190 valence electrons. The molecular formula is C23H29ClFN5O4S. The van der Waals surface area contributed by atoms with Crippen LogP contribution in [-0.2, 0) is 21.9 Å². The standard InChI is InChI=1S/C23H29ClFN5O4S/c1-30-11-20(26-13-30)16-9-18(21(25)19(24)10-16)23(32)28-29-35(33,34)12-14-5-7-17(8-6-14)27-22(31)15-3-2-4-15/h9-11,13-15,17,29H,2-8,12H2,1H3,(H,27,31)(H,28,32). The highest BCUT2D eigenvalue weighted by molar-refractivity contribution is 7.89. The largest absolute Gasteiger partial charge is 0.353 e. The number of imidazole rings is 1. The van der Waals surface area contributed by atoms with Gasteiger partial charge in [-0.1, -0.05) is 18.0 Å². The van der Waals surface area contributed by atoms with Gasteiger partial charge in [0.05, 0.1) is 28.4 Å². The molecule has 0 saturated heterocycles. The highest BCUT2D eigenvalue weighted by atomic mass is 35.5. The van der Waals surface area contributed by atoms with Crippen molar-refractivity contribution in [2.75, 3.05) is 5.75 Å². The maximum atomic E-state index is 14.5. The maximum absolute atomic E-state index is 14.5. The lowest BCUT2D eigenvalue weighted by Gasteiger charge is -2.32. The lowest BCUT2D eigenvalue weighted by atomic mass is 9.83.